The molecule has 5 rings (SSSR count). The van der Waals surface area contributed by atoms with Crippen LogP contribution in [0.4, 0.5) is 0 Å². The van der Waals surface area contributed by atoms with Gasteiger partial charge in [-0.2, -0.15) is 5.10 Å². The van der Waals surface area contributed by atoms with Crippen LogP contribution >= 0.6 is 24.8 Å². The summed E-state index contributed by atoms with van der Waals surface area (Å²) in [5.41, 5.74) is 0.266. The molecule has 0 bridgehead atoms. The second-order valence-electron chi connectivity index (χ2n) is 8.77. The zero-order valence-corrected chi connectivity index (χ0v) is 20.2. The standard InChI is InChI=1S/C21H30N8O2.2ClH/c30-20(25-13-18-26-19(28-27-18)17-12-22-5-6-24-17)21-3-1-16(29-7-9-31-10-8-29)11-15(21)2-4-23-14-21;;/h5-6,12,15-16,23H,1-4,7-11,13-14H2,(H,25,30)(H,26,27,28);2*1H/t15-,16+,21-;;/m1../s1. The van der Waals surface area contributed by atoms with Gasteiger partial charge in [0, 0.05) is 38.1 Å². The fraction of sp³-hybridized carbons (Fsp3) is 0.667. The van der Waals surface area contributed by atoms with E-state index in [1.807, 2.05) is 0 Å². The van der Waals surface area contributed by atoms with Gasteiger partial charge in [0.2, 0.25) is 11.7 Å². The maximum Gasteiger partial charge on any atom is 0.228 e. The number of amides is 1. The van der Waals surface area contributed by atoms with Crippen molar-refractivity contribution in [2.45, 2.75) is 38.3 Å². The number of carbonyl (C=O) groups is 1. The lowest BCUT2D eigenvalue weighted by Crippen LogP contribution is -2.60. The lowest BCUT2D eigenvalue weighted by Gasteiger charge is -2.50. The Hall–Kier alpha value is -1.85. The summed E-state index contributed by atoms with van der Waals surface area (Å²) in [4.78, 5) is 28.7. The number of halogens is 2. The van der Waals surface area contributed by atoms with E-state index in [9.17, 15) is 4.79 Å². The van der Waals surface area contributed by atoms with Crippen molar-refractivity contribution in [2.24, 2.45) is 11.3 Å². The number of aromatic amines is 1. The van der Waals surface area contributed by atoms with Crippen LogP contribution in [-0.2, 0) is 16.1 Å². The number of piperidine rings is 1. The normalized spacial score (nSPS) is 27.5. The van der Waals surface area contributed by atoms with E-state index in [1.54, 1.807) is 18.6 Å². The smallest absolute Gasteiger partial charge is 0.228 e. The van der Waals surface area contributed by atoms with Gasteiger partial charge in [0.25, 0.3) is 0 Å². The van der Waals surface area contributed by atoms with Gasteiger partial charge in [-0.05, 0) is 38.1 Å². The van der Waals surface area contributed by atoms with Crippen molar-refractivity contribution in [3.63, 3.8) is 0 Å². The van der Waals surface area contributed by atoms with Crippen molar-refractivity contribution in [3.05, 3.63) is 24.4 Å². The third-order valence-electron chi connectivity index (χ3n) is 7.13. The maximum atomic E-state index is 13.4. The first-order valence-electron chi connectivity index (χ1n) is 11.2. The summed E-state index contributed by atoms with van der Waals surface area (Å²) < 4.78 is 5.52. The van der Waals surface area contributed by atoms with E-state index in [0.717, 1.165) is 65.1 Å². The largest absolute Gasteiger partial charge is 0.379 e. The van der Waals surface area contributed by atoms with E-state index in [0.29, 0.717) is 35.8 Å². The molecule has 2 aliphatic heterocycles. The predicted molar refractivity (Wildman–Crippen MR) is 127 cm³/mol. The predicted octanol–water partition coefficient (Wildman–Crippen LogP) is 1.20. The van der Waals surface area contributed by atoms with E-state index in [2.05, 4.69) is 40.7 Å². The van der Waals surface area contributed by atoms with Gasteiger partial charge in [0.15, 0.2) is 0 Å². The number of hydrogen-bond acceptors (Lipinski definition) is 8. The Morgan fingerprint density at radius 1 is 1.24 bits per heavy atom. The number of aromatic nitrogens is 5. The third-order valence-corrected chi connectivity index (χ3v) is 7.13. The Morgan fingerprint density at radius 2 is 2.09 bits per heavy atom. The number of nitrogens with zero attached hydrogens (tertiary/aromatic N) is 5. The second-order valence-corrected chi connectivity index (χ2v) is 8.77. The molecule has 12 heteroatoms. The van der Waals surface area contributed by atoms with E-state index >= 15 is 0 Å². The highest BCUT2D eigenvalue weighted by atomic mass is 35.5. The van der Waals surface area contributed by atoms with Crippen molar-refractivity contribution in [3.8, 4) is 11.5 Å². The molecular formula is C21H32Cl2N8O2. The first-order valence-corrected chi connectivity index (χ1v) is 11.2. The third kappa shape index (κ3) is 5.46. The first kappa shape index (κ1) is 25.8. The zero-order valence-electron chi connectivity index (χ0n) is 18.5. The van der Waals surface area contributed by atoms with Crippen LogP contribution in [0.1, 0.15) is 31.5 Å². The van der Waals surface area contributed by atoms with Gasteiger partial charge < -0.3 is 15.4 Å². The van der Waals surface area contributed by atoms with Crippen molar-refractivity contribution in [2.75, 3.05) is 39.4 Å². The molecule has 0 unspecified atom stereocenters. The molecule has 33 heavy (non-hydrogen) atoms. The van der Waals surface area contributed by atoms with E-state index in [1.165, 1.54) is 0 Å². The summed E-state index contributed by atoms with van der Waals surface area (Å²) in [6.07, 6.45) is 8.95. The number of fused-ring (bicyclic) bond motifs is 1. The van der Waals surface area contributed by atoms with Crippen LogP contribution in [0.3, 0.4) is 0 Å². The Labute approximate surface area is 205 Å². The van der Waals surface area contributed by atoms with Crippen LogP contribution in [0.5, 0.6) is 0 Å². The van der Waals surface area contributed by atoms with Gasteiger partial charge in [-0.15, -0.1) is 24.8 Å². The number of morpholine rings is 1. The average Bonchev–Trinajstić information content (AvgIpc) is 3.32. The summed E-state index contributed by atoms with van der Waals surface area (Å²) in [5, 5.41) is 13.7. The Bertz CT molecular complexity index is 895. The minimum Gasteiger partial charge on any atom is -0.379 e. The Balaban J connectivity index is 0.00000153. The molecule has 3 aliphatic rings. The summed E-state index contributed by atoms with van der Waals surface area (Å²) in [5.74, 6) is 1.63. The second kappa shape index (κ2) is 11.5. The highest BCUT2D eigenvalue weighted by Crippen LogP contribution is 2.46. The quantitative estimate of drug-likeness (QED) is 0.562. The lowest BCUT2D eigenvalue weighted by molar-refractivity contribution is -0.140. The fourth-order valence-electron chi connectivity index (χ4n) is 5.41. The van der Waals surface area contributed by atoms with Gasteiger partial charge in [-0.3, -0.25) is 19.8 Å². The van der Waals surface area contributed by atoms with Gasteiger partial charge in [0.05, 0.1) is 31.4 Å². The summed E-state index contributed by atoms with van der Waals surface area (Å²) in [6.45, 7) is 5.72. The average molecular weight is 499 g/mol. The number of ether oxygens (including phenoxy) is 1. The summed E-state index contributed by atoms with van der Waals surface area (Å²) >= 11 is 0. The molecule has 2 aromatic rings. The fourth-order valence-corrected chi connectivity index (χ4v) is 5.41. The van der Waals surface area contributed by atoms with Crippen LogP contribution in [0.25, 0.3) is 11.5 Å². The molecule has 0 spiro atoms. The van der Waals surface area contributed by atoms with Crippen molar-refractivity contribution < 1.29 is 9.53 Å². The van der Waals surface area contributed by atoms with Gasteiger partial charge in [0.1, 0.15) is 11.5 Å². The molecule has 182 valence electrons. The molecule has 1 amide bonds. The topological polar surface area (TPSA) is 121 Å². The molecule has 3 N–H and O–H groups in total. The maximum absolute atomic E-state index is 13.4. The molecular weight excluding hydrogens is 467 g/mol. The monoisotopic (exact) mass is 498 g/mol. The molecule has 3 fully saturated rings. The van der Waals surface area contributed by atoms with Gasteiger partial charge >= 0.3 is 0 Å². The van der Waals surface area contributed by atoms with E-state index in [-0.39, 0.29) is 36.1 Å². The van der Waals surface area contributed by atoms with Gasteiger partial charge in [-0.1, -0.05) is 0 Å². The van der Waals surface area contributed by atoms with Crippen LogP contribution < -0.4 is 10.6 Å². The van der Waals surface area contributed by atoms with Crippen LogP contribution in [-0.4, -0.2) is 81.4 Å². The van der Waals surface area contributed by atoms with Crippen LogP contribution in [0, 0.1) is 11.3 Å². The van der Waals surface area contributed by atoms with E-state index < -0.39 is 0 Å². The minimum absolute atomic E-state index is 0. The summed E-state index contributed by atoms with van der Waals surface area (Å²) in [7, 11) is 0. The highest BCUT2D eigenvalue weighted by molar-refractivity contribution is 5.85. The SMILES string of the molecule is Cl.Cl.O=C(NCc1nc(-c2cnccn2)n[nH]1)[C@@]12CC[C@H](N3CCOCC3)C[C@H]1CCNC2. The molecule has 10 nitrogen and oxygen atoms in total. The molecule has 0 radical (unpaired) electrons. The van der Waals surface area contributed by atoms with Crippen LogP contribution in [0.2, 0.25) is 0 Å². The number of nitrogens with one attached hydrogen (secondary N) is 3. The summed E-state index contributed by atoms with van der Waals surface area (Å²) in [6, 6.07) is 0.566. The first-order chi connectivity index (χ1) is 15.2. The van der Waals surface area contributed by atoms with E-state index in [4.69, 9.17) is 4.74 Å². The molecule has 0 aromatic carbocycles. The Kier molecular flexibility index (Phi) is 9.00. The number of rotatable bonds is 5. The minimum atomic E-state index is -0.338. The molecule has 4 heterocycles. The highest BCUT2D eigenvalue weighted by Gasteiger charge is 2.50. The molecule has 1 aliphatic carbocycles. The van der Waals surface area contributed by atoms with Crippen molar-refractivity contribution >= 4 is 30.7 Å². The van der Waals surface area contributed by atoms with Crippen LogP contribution in [0.15, 0.2) is 18.6 Å². The van der Waals surface area contributed by atoms with Gasteiger partial charge in [-0.25, -0.2) is 9.97 Å². The molecule has 3 atom stereocenters. The number of H-pyrrole nitrogens is 1. The van der Waals surface area contributed by atoms with Crippen molar-refractivity contribution in [1.82, 2.24) is 40.7 Å². The Morgan fingerprint density at radius 3 is 2.88 bits per heavy atom. The molecule has 1 saturated carbocycles. The molecule has 2 saturated heterocycles. The zero-order chi connectivity index (χ0) is 21.1. The lowest BCUT2D eigenvalue weighted by atomic mass is 9.61. The number of hydrogen-bond donors (Lipinski definition) is 3. The van der Waals surface area contributed by atoms with Crippen molar-refractivity contribution in [1.29, 1.82) is 0 Å². The number of carbonyl (C=O) groups excluding carboxylic acids is 1. The molecule has 2 aromatic heterocycles.